The smallest absolute Gasteiger partial charge is 0.260 e. The molecule has 4 rings (SSSR count). The summed E-state index contributed by atoms with van der Waals surface area (Å²) in [7, 11) is 0. The average molecular weight is 459 g/mol. The highest BCUT2D eigenvalue weighted by Gasteiger charge is 2.26. The Bertz CT molecular complexity index is 1070. The van der Waals surface area contributed by atoms with Gasteiger partial charge < -0.3 is 15.2 Å². The Morgan fingerprint density at radius 3 is 2.09 bits per heavy atom. The van der Waals surface area contributed by atoms with Gasteiger partial charge in [-0.2, -0.15) is 0 Å². The predicted molar refractivity (Wildman–Crippen MR) is 136 cm³/mol. The van der Waals surface area contributed by atoms with Gasteiger partial charge in [-0.15, -0.1) is 0 Å². The molecule has 6 nitrogen and oxygen atoms in total. The number of amides is 1. The number of H-pyrrole nitrogens is 1. The molecule has 2 heterocycles. The van der Waals surface area contributed by atoms with Gasteiger partial charge in [-0.05, 0) is 49.6 Å². The van der Waals surface area contributed by atoms with Gasteiger partial charge in [0.2, 0.25) is 0 Å². The zero-order valence-corrected chi connectivity index (χ0v) is 19.9. The first-order chi connectivity index (χ1) is 16.6. The highest BCUT2D eigenvalue weighted by Crippen LogP contribution is 2.29. The zero-order valence-electron chi connectivity index (χ0n) is 19.9. The number of nitrogens with one attached hydrogen (secondary N) is 2. The van der Waals surface area contributed by atoms with Crippen molar-refractivity contribution in [1.29, 1.82) is 0 Å². The fourth-order valence-electron chi connectivity index (χ4n) is 4.64. The maximum atomic E-state index is 12.2. The van der Waals surface area contributed by atoms with E-state index in [1.54, 1.807) is 19.1 Å². The van der Waals surface area contributed by atoms with Crippen LogP contribution >= 0.6 is 0 Å². The molecule has 1 aliphatic rings. The monoisotopic (exact) mass is 458 g/mol. The van der Waals surface area contributed by atoms with Gasteiger partial charge in [0.15, 0.2) is 0 Å². The van der Waals surface area contributed by atoms with Gasteiger partial charge in [-0.25, -0.2) is 0 Å². The number of piperazine rings is 1. The third-order valence-corrected chi connectivity index (χ3v) is 6.49. The third-order valence-electron chi connectivity index (χ3n) is 6.49. The lowest BCUT2D eigenvalue weighted by molar-refractivity contribution is 0.0947. The number of rotatable bonds is 9. The van der Waals surface area contributed by atoms with Crippen LogP contribution in [-0.4, -0.2) is 60.0 Å². The number of aryl methyl sites for hydroxylation is 1. The number of aromatic nitrogens is 1. The minimum absolute atomic E-state index is 0.174. The number of hydrogen-bond acceptors (Lipinski definition) is 4. The van der Waals surface area contributed by atoms with Gasteiger partial charge >= 0.3 is 0 Å². The highest BCUT2D eigenvalue weighted by atomic mass is 16.2. The van der Waals surface area contributed by atoms with Crippen molar-refractivity contribution in [3.63, 3.8) is 0 Å². The molecular formula is C28H34N4O2. The molecule has 0 spiro atoms. The van der Waals surface area contributed by atoms with Crippen LogP contribution in [0.1, 0.15) is 46.1 Å². The Hall–Kier alpha value is -3.22. The molecule has 0 unspecified atom stereocenters. The lowest BCUT2D eigenvalue weighted by Crippen LogP contribution is -2.48. The SMILES string of the molecule is Cc1ccc(C(=O)NCCCCN2CCN(C(c3ccccc3)c3ccccc3)CC2)c(=O)[nH]1. The van der Waals surface area contributed by atoms with Crippen LogP contribution in [0.2, 0.25) is 0 Å². The highest BCUT2D eigenvalue weighted by molar-refractivity contribution is 5.93. The number of pyridine rings is 1. The van der Waals surface area contributed by atoms with Gasteiger partial charge in [-0.3, -0.25) is 14.5 Å². The summed E-state index contributed by atoms with van der Waals surface area (Å²) in [6.07, 6.45) is 1.91. The van der Waals surface area contributed by atoms with E-state index in [0.29, 0.717) is 6.54 Å². The molecule has 178 valence electrons. The van der Waals surface area contributed by atoms with E-state index in [0.717, 1.165) is 51.3 Å². The van der Waals surface area contributed by atoms with Gasteiger partial charge in [0, 0.05) is 38.4 Å². The van der Waals surface area contributed by atoms with E-state index in [4.69, 9.17) is 0 Å². The third kappa shape index (κ3) is 6.22. The normalized spacial score (nSPS) is 14.9. The Kier molecular flexibility index (Phi) is 8.28. The molecule has 1 aliphatic heterocycles. The van der Waals surface area contributed by atoms with E-state index in [-0.39, 0.29) is 23.1 Å². The molecular weight excluding hydrogens is 424 g/mol. The summed E-state index contributed by atoms with van der Waals surface area (Å²) < 4.78 is 0. The Morgan fingerprint density at radius 1 is 0.882 bits per heavy atom. The lowest BCUT2D eigenvalue weighted by atomic mass is 9.96. The fourth-order valence-corrected chi connectivity index (χ4v) is 4.64. The van der Waals surface area contributed by atoms with Crippen molar-refractivity contribution >= 4 is 5.91 Å². The summed E-state index contributed by atoms with van der Waals surface area (Å²) in [5.41, 5.74) is 3.27. The number of aromatic amines is 1. The molecule has 1 aromatic heterocycles. The van der Waals surface area contributed by atoms with E-state index in [1.165, 1.54) is 11.1 Å². The van der Waals surface area contributed by atoms with Crippen LogP contribution in [0.4, 0.5) is 0 Å². The van der Waals surface area contributed by atoms with Crippen LogP contribution in [0.3, 0.4) is 0 Å². The number of unbranched alkanes of at least 4 members (excludes halogenated alkanes) is 1. The summed E-state index contributed by atoms with van der Waals surface area (Å²) in [6, 6.07) is 25.1. The summed E-state index contributed by atoms with van der Waals surface area (Å²) >= 11 is 0. The molecule has 2 aromatic carbocycles. The quantitative estimate of drug-likeness (QED) is 0.481. The average Bonchev–Trinajstić information content (AvgIpc) is 2.86. The van der Waals surface area contributed by atoms with E-state index in [9.17, 15) is 9.59 Å². The van der Waals surface area contributed by atoms with Crippen LogP contribution in [0.5, 0.6) is 0 Å². The van der Waals surface area contributed by atoms with Crippen LogP contribution in [0, 0.1) is 6.92 Å². The molecule has 0 saturated carbocycles. The van der Waals surface area contributed by atoms with E-state index in [1.807, 2.05) is 0 Å². The number of carbonyl (C=O) groups excluding carboxylic acids is 1. The second-order valence-corrected chi connectivity index (χ2v) is 8.95. The van der Waals surface area contributed by atoms with Gasteiger partial charge in [0.25, 0.3) is 11.5 Å². The molecule has 0 aliphatic carbocycles. The van der Waals surface area contributed by atoms with Gasteiger partial charge in [-0.1, -0.05) is 60.7 Å². The first-order valence-corrected chi connectivity index (χ1v) is 12.2. The molecule has 2 N–H and O–H groups in total. The van der Waals surface area contributed by atoms with Crippen molar-refractivity contribution in [2.75, 3.05) is 39.3 Å². The van der Waals surface area contributed by atoms with E-state index in [2.05, 4.69) is 80.8 Å². The molecule has 34 heavy (non-hydrogen) atoms. The molecule has 0 atom stereocenters. The van der Waals surface area contributed by atoms with Crippen molar-refractivity contribution < 1.29 is 4.79 Å². The fraction of sp³-hybridized carbons (Fsp3) is 0.357. The maximum absolute atomic E-state index is 12.2. The number of nitrogens with zero attached hydrogens (tertiary/aromatic N) is 2. The summed E-state index contributed by atoms with van der Waals surface area (Å²) in [5.74, 6) is -0.303. The van der Waals surface area contributed by atoms with Crippen molar-refractivity contribution in [2.24, 2.45) is 0 Å². The Morgan fingerprint density at radius 2 is 1.50 bits per heavy atom. The van der Waals surface area contributed by atoms with Crippen LogP contribution < -0.4 is 10.9 Å². The largest absolute Gasteiger partial charge is 0.352 e. The number of hydrogen-bond donors (Lipinski definition) is 2. The molecule has 6 heteroatoms. The minimum atomic E-state index is -0.334. The lowest BCUT2D eigenvalue weighted by Gasteiger charge is -2.39. The summed E-state index contributed by atoms with van der Waals surface area (Å²) in [6.45, 7) is 7.55. The van der Waals surface area contributed by atoms with Gasteiger partial charge in [0.1, 0.15) is 5.56 Å². The molecule has 1 fully saturated rings. The van der Waals surface area contributed by atoms with Crippen LogP contribution in [0.15, 0.2) is 77.6 Å². The maximum Gasteiger partial charge on any atom is 0.260 e. The minimum Gasteiger partial charge on any atom is -0.352 e. The molecule has 0 radical (unpaired) electrons. The molecule has 1 saturated heterocycles. The Labute approximate surface area is 201 Å². The van der Waals surface area contributed by atoms with E-state index < -0.39 is 0 Å². The van der Waals surface area contributed by atoms with Crippen molar-refractivity contribution in [2.45, 2.75) is 25.8 Å². The van der Waals surface area contributed by atoms with Crippen LogP contribution in [0.25, 0.3) is 0 Å². The van der Waals surface area contributed by atoms with E-state index >= 15 is 0 Å². The predicted octanol–water partition coefficient (Wildman–Crippen LogP) is 3.60. The second kappa shape index (κ2) is 11.8. The van der Waals surface area contributed by atoms with Gasteiger partial charge in [0.05, 0.1) is 6.04 Å². The van der Waals surface area contributed by atoms with Crippen molar-refractivity contribution in [3.05, 3.63) is 106 Å². The number of benzene rings is 2. The number of carbonyl (C=O) groups is 1. The molecule has 3 aromatic rings. The first-order valence-electron chi connectivity index (χ1n) is 12.2. The molecule has 0 bridgehead atoms. The first kappa shape index (κ1) is 23.9. The summed E-state index contributed by atoms with van der Waals surface area (Å²) in [5, 5.41) is 2.87. The van der Waals surface area contributed by atoms with Crippen molar-refractivity contribution in [3.8, 4) is 0 Å². The standard InChI is InChI=1S/C28H34N4O2/c1-22-14-15-25(28(34)30-22)27(33)29-16-8-9-17-31-18-20-32(21-19-31)26(23-10-4-2-5-11-23)24-12-6-3-7-13-24/h2-7,10-15,26H,8-9,16-21H2,1H3,(H,29,33)(H,30,34). The van der Waals surface area contributed by atoms with Crippen molar-refractivity contribution in [1.82, 2.24) is 20.1 Å². The Balaban J connectivity index is 1.22. The summed E-state index contributed by atoms with van der Waals surface area (Å²) in [4.78, 5) is 31.9. The van der Waals surface area contributed by atoms with Crippen LogP contribution in [-0.2, 0) is 0 Å². The molecule has 1 amide bonds. The topological polar surface area (TPSA) is 68.4 Å². The second-order valence-electron chi connectivity index (χ2n) is 8.95. The zero-order chi connectivity index (χ0) is 23.8.